The molecule has 1 aromatic heterocycles. The topological polar surface area (TPSA) is 114 Å². The van der Waals surface area contributed by atoms with E-state index in [1.165, 1.54) is 42.5 Å². The molecular formula is C49H59FN8O4. The van der Waals surface area contributed by atoms with Crippen molar-refractivity contribution in [3.05, 3.63) is 82.7 Å². The molecule has 3 aromatic rings. The average Bonchev–Trinajstić information content (AvgIpc) is 3.92. The normalized spacial score (nSPS) is 27.7. The predicted molar refractivity (Wildman–Crippen MR) is 237 cm³/mol. The quantitative estimate of drug-likeness (QED) is 0.251. The van der Waals surface area contributed by atoms with Crippen LogP contribution in [-0.4, -0.2) is 121 Å². The number of aromatic nitrogens is 1. The van der Waals surface area contributed by atoms with Gasteiger partial charge in [0, 0.05) is 88.7 Å². The lowest BCUT2D eigenvalue weighted by molar-refractivity contribution is -0.136. The highest BCUT2D eigenvalue weighted by atomic mass is 19.1. The van der Waals surface area contributed by atoms with Crippen LogP contribution in [0.2, 0.25) is 0 Å². The zero-order chi connectivity index (χ0) is 42.5. The van der Waals surface area contributed by atoms with E-state index < -0.39 is 11.7 Å². The number of piperidine rings is 2. The highest BCUT2D eigenvalue weighted by molar-refractivity contribution is 6.06. The highest BCUT2D eigenvalue weighted by Gasteiger charge is 2.50. The van der Waals surface area contributed by atoms with Gasteiger partial charge in [-0.25, -0.2) is 4.39 Å². The average molecular weight is 843 g/mol. The molecule has 8 aliphatic rings. The molecule has 2 aliphatic carbocycles. The maximum absolute atomic E-state index is 15.4. The number of anilines is 3. The molecule has 6 aliphatic heterocycles. The fourth-order valence-corrected chi connectivity index (χ4v) is 12.4. The van der Waals surface area contributed by atoms with Gasteiger partial charge in [0.2, 0.25) is 11.8 Å². The number of ether oxygens (including phenoxy) is 1. The predicted octanol–water partition coefficient (Wildman–Crippen LogP) is 5.95. The van der Waals surface area contributed by atoms with Crippen LogP contribution in [0.5, 0.6) is 5.75 Å². The van der Waals surface area contributed by atoms with E-state index in [0.717, 1.165) is 79.6 Å². The first-order chi connectivity index (χ1) is 30.0. The second-order valence-corrected chi connectivity index (χ2v) is 19.8. The van der Waals surface area contributed by atoms with Gasteiger partial charge >= 0.3 is 0 Å². The van der Waals surface area contributed by atoms with Crippen LogP contribution in [0.1, 0.15) is 103 Å². The van der Waals surface area contributed by atoms with Gasteiger partial charge in [-0.05, 0) is 117 Å². The van der Waals surface area contributed by atoms with Gasteiger partial charge in [-0.15, -0.1) is 0 Å². The molecule has 4 atom stereocenters. The first kappa shape index (κ1) is 39.8. The smallest absolute Gasteiger partial charge is 0.255 e. The maximum atomic E-state index is 15.4. The van der Waals surface area contributed by atoms with Gasteiger partial charge in [-0.3, -0.25) is 34.5 Å². The van der Waals surface area contributed by atoms with Crippen LogP contribution in [0.3, 0.4) is 0 Å². The summed E-state index contributed by atoms with van der Waals surface area (Å²) in [6, 6.07) is 12.5. The molecule has 1 spiro atoms. The van der Waals surface area contributed by atoms with Gasteiger partial charge in [0.25, 0.3) is 5.91 Å². The molecule has 5 fully saturated rings. The van der Waals surface area contributed by atoms with E-state index in [4.69, 9.17) is 9.72 Å². The molecule has 3 amide bonds. The Morgan fingerprint density at radius 2 is 1.85 bits per heavy atom. The number of amides is 3. The Balaban J connectivity index is 0.694. The summed E-state index contributed by atoms with van der Waals surface area (Å²) in [7, 11) is 1.95. The van der Waals surface area contributed by atoms with Crippen LogP contribution in [0.25, 0.3) is 6.08 Å². The Hall–Kier alpha value is -5.01. The van der Waals surface area contributed by atoms with Crippen molar-refractivity contribution in [2.45, 2.75) is 101 Å². The number of imide groups is 1. The van der Waals surface area contributed by atoms with Crippen LogP contribution in [-0.2, 0) is 22.6 Å². The highest BCUT2D eigenvalue weighted by Crippen LogP contribution is 2.54. The number of alkyl halides is 1. The van der Waals surface area contributed by atoms with E-state index >= 15 is 4.39 Å². The number of fused-ring (bicyclic) bond motifs is 5. The number of halogens is 1. The SMILES string of the molecule is C=Cc1c(NC)ccc2c1C[C@@H](C)N(CC1(F)CC1)C2c1ccc(N2CCC3(CC2)CC(CN2CCN4c5cc6c(cc5OCC4C2)C(=O)N([C@H]2CCC(=O)NC2=O)C6)C3)cn1. The third kappa shape index (κ3) is 6.85. The number of pyridine rings is 1. The summed E-state index contributed by atoms with van der Waals surface area (Å²) in [6.07, 6.45) is 11.8. The van der Waals surface area contributed by atoms with E-state index in [-0.39, 0.29) is 42.3 Å². The number of nitrogens with zero attached hydrogens (tertiary/aromatic N) is 6. The van der Waals surface area contributed by atoms with Crippen LogP contribution in [0.15, 0.2) is 49.2 Å². The summed E-state index contributed by atoms with van der Waals surface area (Å²) < 4.78 is 21.7. The maximum Gasteiger partial charge on any atom is 0.255 e. The van der Waals surface area contributed by atoms with Gasteiger partial charge < -0.3 is 24.8 Å². The van der Waals surface area contributed by atoms with Crippen LogP contribution in [0.4, 0.5) is 21.5 Å². The van der Waals surface area contributed by atoms with Gasteiger partial charge in [-0.1, -0.05) is 18.7 Å². The molecule has 2 aromatic carbocycles. The number of carbonyl (C=O) groups excluding carboxylic acids is 3. The second-order valence-electron chi connectivity index (χ2n) is 19.8. The summed E-state index contributed by atoms with van der Waals surface area (Å²) in [5, 5.41) is 5.73. The van der Waals surface area contributed by atoms with E-state index in [1.807, 2.05) is 19.2 Å². The Kier molecular flexibility index (Phi) is 9.68. The van der Waals surface area contributed by atoms with Crippen molar-refractivity contribution >= 4 is 40.9 Å². The number of nitrogens with one attached hydrogen (secondary N) is 2. The van der Waals surface area contributed by atoms with E-state index in [2.05, 4.69) is 80.3 Å². The Morgan fingerprint density at radius 1 is 1.03 bits per heavy atom. The number of carbonyl (C=O) groups is 3. The number of hydrogen-bond donors (Lipinski definition) is 2. The monoisotopic (exact) mass is 842 g/mol. The van der Waals surface area contributed by atoms with E-state index in [9.17, 15) is 14.4 Å². The molecule has 11 rings (SSSR count). The standard InChI is InChI=1S/C49H59FN8O4/c1-4-35-38-19-30(2)58(29-49(50)11-12-49)45(36(38)6-8-39(35)51-3)40-7-5-33(24-52-40)55-15-13-48(14-16-55)22-31(23-48)25-54-17-18-56-34(27-54)28-62-43-21-37-32(20-42(43)56)26-57(47(37)61)41-9-10-44(59)53-46(41)60/h4-8,20-21,24,30-31,34,41,45,51H,1,9-19,22-23,25-29H2,2-3H3,(H,53,59,60)/t30-,34?,41+,45?/m1/s1. The van der Waals surface area contributed by atoms with Crippen molar-refractivity contribution in [3.8, 4) is 5.75 Å². The summed E-state index contributed by atoms with van der Waals surface area (Å²) in [5.41, 5.74) is 8.77. The molecule has 2 N–H and O–H groups in total. The molecule has 0 radical (unpaired) electrons. The zero-order valence-corrected chi connectivity index (χ0v) is 36.1. The van der Waals surface area contributed by atoms with Gasteiger partial charge in [0.15, 0.2) is 0 Å². The molecular weight excluding hydrogens is 784 g/mol. The summed E-state index contributed by atoms with van der Waals surface area (Å²) >= 11 is 0. The molecule has 2 saturated carbocycles. The third-order valence-electron chi connectivity index (χ3n) is 15.9. The largest absolute Gasteiger partial charge is 0.489 e. The number of hydrogen-bond acceptors (Lipinski definition) is 10. The van der Waals surface area contributed by atoms with Crippen molar-refractivity contribution < 1.29 is 23.5 Å². The third-order valence-corrected chi connectivity index (χ3v) is 15.9. The van der Waals surface area contributed by atoms with Crippen LogP contribution in [0, 0.1) is 11.3 Å². The Labute approximate surface area is 363 Å². The molecule has 7 heterocycles. The minimum absolute atomic E-state index is 0.103. The Morgan fingerprint density at radius 3 is 2.58 bits per heavy atom. The fraction of sp³-hybridized carbons (Fsp3) is 0.551. The number of rotatable bonds is 9. The summed E-state index contributed by atoms with van der Waals surface area (Å²) in [5.74, 6) is 0.624. The molecule has 3 saturated heterocycles. The first-order valence-electron chi connectivity index (χ1n) is 23.1. The van der Waals surface area contributed by atoms with E-state index in [1.54, 1.807) is 4.90 Å². The first-order valence-corrected chi connectivity index (χ1v) is 23.1. The minimum Gasteiger partial charge on any atom is -0.489 e. The second kappa shape index (κ2) is 15.1. The molecule has 13 heteroatoms. The minimum atomic E-state index is -1.09. The molecule has 12 nitrogen and oxygen atoms in total. The van der Waals surface area contributed by atoms with Crippen molar-refractivity contribution in [2.75, 3.05) is 74.6 Å². The van der Waals surface area contributed by atoms with Crippen molar-refractivity contribution in [3.63, 3.8) is 0 Å². The number of piperazine rings is 1. The summed E-state index contributed by atoms with van der Waals surface area (Å²) in [4.78, 5) is 54.4. The Bertz CT molecular complexity index is 2320. The lowest BCUT2D eigenvalue weighted by atomic mass is 9.57. The molecule has 62 heavy (non-hydrogen) atoms. The van der Waals surface area contributed by atoms with Gasteiger partial charge in [0.05, 0.1) is 35.3 Å². The van der Waals surface area contributed by atoms with Crippen LogP contribution >= 0.6 is 0 Å². The fourth-order valence-electron chi connectivity index (χ4n) is 12.4. The van der Waals surface area contributed by atoms with Crippen molar-refractivity contribution in [1.82, 2.24) is 25.0 Å². The lowest BCUT2D eigenvalue weighted by Crippen LogP contribution is -2.59. The summed E-state index contributed by atoms with van der Waals surface area (Å²) in [6.45, 7) is 13.9. The van der Waals surface area contributed by atoms with Crippen LogP contribution < -0.4 is 25.2 Å². The van der Waals surface area contributed by atoms with Crippen molar-refractivity contribution in [1.29, 1.82) is 0 Å². The van der Waals surface area contributed by atoms with Crippen molar-refractivity contribution in [2.24, 2.45) is 11.3 Å². The van der Waals surface area contributed by atoms with E-state index in [0.29, 0.717) is 55.9 Å². The zero-order valence-electron chi connectivity index (χ0n) is 36.1. The molecule has 326 valence electrons. The molecule has 2 unspecified atom stereocenters. The molecule has 0 bridgehead atoms. The van der Waals surface area contributed by atoms with Gasteiger partial charge in [-0.2, -0.15) is 0 Å². The number of benzene rings is 2. The van der Waals surface area contributed by atoms with Gasteiger partial charge in [0.1, 0.15) is 24.1 Å². The lowest BCUT2D eigenvalue weighted by Gasteiger charge is -2.54.